The predicted octanol–water partition coefficient (Wildman–Crippen LogP) is 2.88. The summed E-state index contributed by atoms with van der Waals surface area (Å²) < 4.78 is 6.68. The zero-order valence-electron chi connectivity index (χ0n) is 9.96. The van der Waals surface area contributed by atoms with Gasteiger partial charge in [0.2, 0.25) is 0 Å². The average Bonchev–Trinajstić information content (AvgIpc) is 2.87. The van der Waals surface area contributed by atoms with Crippen LogP contribution in [-0.4, -0.2) is 17.6 Å². The molecule has 17 heavy (non-hydrogen) atoms. The quantitative estimate of drug-likeness (QED) is 0.758. The van der Waals surface area contributed by atoms with Crippen LogP contribution in [0, 0.1) is 0 Å². The molecule has 3 heteroatoms. The van der Waals surface area contributed by atoms with Gasteiger partial charge in [0.05, 0.1) is 13.2 Å². The van der Waals surface area contributed by atoms with Crippen LogP contribution in [0.3, 0.4) is 0 Å². The van der Waals surface area contributed by atoms with E-state index in [9.17, 15) is 4.79 Å². The minimum absolute atomic E-state index is 0.111. The highest BCUT2D eigenvalue weighted by Gasteiger charge is 2.15. The molecule has 0 saturated heterocycles. The van der Waals surface area contributed by atoms with Gasteiger partial charge in [0.25, 0.3) is 0 Å². The fourth-order valence-electron chi connectivity index (χ4n) is 1.90. The lowest BCUT2D eigenvalue weighted by Crippen LogP contribution is -2.14. The number of hydrogen-bond donors (Lipinski definition) is 0. The Morgan fingerprint density at radius 1 is 1.18 bits per heavy atom. The van der Waals surface area contributed by atoms with E-state index in [0.717, 1.165) is 5.56 Å². The SMILES string of the molecule is COC(=O)c1cccn1[C@H](C)c1ccccc1. The molecule has 1 aromatic carbocycles. The molecule has 88 valence electrons. The third kappa shape index (κ3) is 2.23. The molecule has 0 saturated carbocycles. The summed E-state index contributed by atoms with van der Waals surface area (Å²) in [6.45, 7) is 2.06. The van der Waals surface area contributed by atoms with Crippen LogP contribution in [0.4, 0.5) is 0 Å². The third-order valence-electron chi connectivity index (χ3n) is 2.87. The lowest BCUT2D eigenvalue weighted by Gasteiger charge is -2.16. The number of carbonyl (C=O) groups is 1. The third-order valence-corrected chi connectivity index (χ3v) is 2.87. The summed E-state index contributed by atoms with van der Waals surface area (Å²) in [5, 5.41) is 0. The van der Waals surface area contributed by atoms with Crippen molar-refractivity contribution in [2.75, 3.05) is 7.11 Å². The van der Waals surface area contributed by atoms with E-state index in [1.165, 1.54) is 7.11 Å². The van der Waals surface area contributed by atoms with Crippen LogP contribution in [0.2, 0.25) is 0 Å². The minimum Gasteiger partial charge on any atom is -0.464 e. The summed E-state index contributed by atoms with van der Waals surface area (Å²) in [5.74, 6) is -0.308. The molecular weight excluding hydrogens is 214 g/mol. The Bertz CT molecular complexity index is 502. The van der Waals surface area contributed by atoms with Gasteiger partial charge in [-0.1, -0.05) is 30.3 Å². The first-order valence-electron chi connectivity index (χ1n) is 5.54. The summed E-state index contributed by atoms with van der Waals surface area (Å²) in [7, 11) is 1.40. The van der Waals surface area contributed by atoms with E-state index in [4.69, 9.17) is 4.74 Å². The van der Waals surface area contributed by atoms with Gasteiger partial charge in [-0.25, -0.2) is 4.79 Å². The molecular formula is C14H15NO2. The molecule has 0 unspecified atom stereocenters. The highest BCUT2D eigenvalue weighted by molar-refractivity contribution is 5.87. The molecule has 1 atom stereocenters. The minimum atomic E-state index is -0.308. The van der Waals surface area contributed by atoms with Crippen molar-refractivity contribution in [3.8, 4) is 0 Å². The first kappa shape index (κ1) is 11.5. The molecule has 2 aromatic rings. The molecule has 1 heterocycles. The number of ether oxygens (including phenoxy) is 1. The maximum Gasteiger partial charge on any atom is 0.354 e. The van der Waals surface area contributed by atoms with Gasteiger partial charge in [0, 0.05) is 6.20 Å². The van der Waals surface area contributed by atoms with E-state index in [-0.39, 0.29) is 12.0 Å². The van der Waals surface area contributed by atoms with Gasteiger partial charge in [-0.15, -0.1) is 0 Å². The predicted molar refractivity (Wildman–Crippen MR) is 66.0 cm³/mol. The van der Waals surface area contributed by atoms with Crippen LogP contribution in [-0.2, 0) is 4.74 Å². The van der Waals surface area contributed by atoms with Gasteiger partial charge in [0.15, 0.2) is 0 Å². The van der Waals surface area contributed by atoms with Crippen LogP contribution in [0.5, 0.6) is 0 Å². The standard InChI is InChI=1S/C14H15NO2/c1-11(12-7-4-3-5-8-12)15-10-6-9-13(15)14(16)17-2/h3-11H,1-2H3/t11-/m1/s1. The lowest BCUT2D eigenvalue weighted by atomic mass is 10.1. The lowest BCUT2D eigenvalue weighted by molar-refractivity contribution is 0.0587. The highest BCUT2D eigenvalue weighted by atomic mass is 16.5. The van der Waals surface area contributed by atoms with Gasteiger partial charge < -0.3 is 9.30 Å². The second-order valence-electron chi connectivity index (χ2n) is 3.88. The monoisotopic (exact) mass is 229 g/mol. The van der Waals surface area contributed by atoms with E-state index in [0.29, 0.717) is 5.69 Å². The molecule has 0 aliphatic heterocycles. The molecule has 0 aliphatic rings. The fourth-order valence-corrected chi connectivity index (χ4v) is 1.90. The van der Waals surface area contributed by atoms with Crippen LogP contribution in [0.25, 0.3) is 0 Å². The van der Waals surface area contributed by atoms with Gasteiger partial charge in [-0.2, -0.15) is 0 Å². The van der Waals surface area contributed by atoms with Crippen LogP contribution >= 0.6 is 0 Å². The van der Waals surface area contributed by atoms with E-state index in [1.54, 1.807) is 6.07 Å². The first-order chi connectivity index (χ1) is 8.24. The second-order valence-corrected chi connectivity index (χ2v) is 3.88. The topological polar surface area (TPSA) is 31.2 Å². The molecule has 0 bridgehead atoms. The summed E-state index contributed by atoms with van der Waals surface area (Å²) in [6, 6.07) is 13.8. The molecule has 2 rings (SSSR count). The number of aromatic nitrogens is 1. The molecule has 3 nitrogen and oxygen atoms in total. The van der Waals surface area contributed by atoms with Gasteiger partial charge >= 0.3 is 5.97 Å². The number of methoxy groups -OCH3 is 1. The van der Waals surface area contributed by atoms with Crippen molar-refractivity contribution < 1.29 is 9.53 Å². The molecule has 0 aliphatic carbocycles. The zero-order valence-corrected chi connectivity index (χ0v) is 9.96. The summed E-state index contributed by atoms with van der Waals surface area (Å²) in [5.41, 5.74) is 1.73. The largest absolute Gasteiger partial charge is 0.464 e. The number of benzene rings is 1. The van der Waals surface area contributed by atoms with Crippen LogP contribution in [0.1, 0.15) is 29.0 Å². The molecule has 0 radical (unpaired) electrons. The Labute approximate surface area is 101 Å². The number of esters is 1. The van der Waals surface area contributed by atoms with E-state index in [1.807, 2.05) is 47.2 Å². The van der Waals surface area contributed by atoms with Crippen molar-refractivity contribution in [1.29, 1.82) is 0 Å². The Kier molecular flexibility index (Phi) is 3.28. The molecule has 0 amide bonds. The maximum atomic E-state index is 11.6. The fraction of sp³-hybridized carbons (Fsp3) is 0.214. The van der Waals surface area contributed by atoms with Crippen LogP contribution < -0.4 is 0 Å². The summed E-state index contributed by atoms with van der Waals surface area (Å²) >= 11 is 0. The van der Waals surface area contributed by atoms with Crippen molar-refractivity contribution in [3.05, 3.63) is 59.9 Å². The van der Waals surface area contributed by atoms with Crippen LogP contribution in [0.15, 0.2) is 48.7 Å². The van der Waals surface area contributed by atoms with Gasteiger partial charge in [-0.3, -0.25) is 0 Å². The van der Waals surface area contributed by atoms with Crippen molar-refractivity contribution in [1.82, 2.24) is 4.57 Å². The number of carbonyl (C=O) groups excluding carboxylic acids is 1. The normalized spacial score (nSPS) is 12.1. The van der Waals surface area contributed by atoms with E-state index in [2.05, 4.69) is 6.92 Å². The average molecular weight is 229 g/mol. The smallest absolute Gasteiger partial charge is 0.354 e. The summed E-state index contributed by atoms with van der Waals surface area (Å²) in [6.07, 6.45) is 1.89. The van der Waals surface area contributed by atoms with Gasteiger partial charge in [-0.05, 0) is 24.6 Å². The zero-order chi connectivity index (χ0) is 12.3. The van der Waals surface area contributed by atoms with Crippen molar-refractivity contribution >= 4 is 5.97 Å². The second kappa shape index (κ2) is 4.87. The Morgan fingerprint density at radius 2 is 1.88 bits per heavy atom. The number of hydrogen-bond acceptors (Lipinski definition) is 2. The maximum absolute atomic E-state index is 11.6. The summed E-state index contributed by atoms with van der Waals surface area (Å²) in [4.78, 5) is 11.6. The van der Waals surface area contributed by atoms with Crippen molar-refractivity contribution in [2.45, 2.75) is 13.0 Å². The molecule has 1 aromatic heterocycles. The van der Waals surface area contributed by atoms with E-state index >= 15 is 0 Å². The number of rotatable bonds is 3. The molecule has 0 fully saturated rings. The Morgan fingerprint density at radius 3 is 2.53 bits per heavy atom. The van der Waals surface area contributed by atoms with Crippen molar-refractivity contribution in [2.24, 2.45) is 0 Å². The van der Waals surface area contributed by atoms with Gasteiger partial charge in [0.1, 0.15) is 5.69 Å². The highest BCUT2D eigenvalue weighted by Crippen LogP contribution is 2.20. The number of nitrogens with zero attached hydrogens (tertiary/aromatic N) is 1. The Hall–Kier alpha value is -2.03. The Balaban J connectivity index is 2.35. The first-order valence-corrected chi connectivity index (χ1v) is 5.54. The molecule has 0 spiro atoms. The van der Waals surface area contributed by atoms with Crippen molar-refractivity contribution in [3.63, 3.8) is 0 Å². The molecule has 0 N–H and O–H groups in total. The van der Waals surface area contributed by atoms with E-state index < -0.39 is 0 Å².